The van der Waals surface area contributed by atoms with Crippen LogP contribution in [0.5, 0.6) is 0 Å². The van der Waals surface area contributed by atoms with Gasteiger partial charge in [0.15, 0.2) is 0 Å². The van der Waals surface area contributed by atoms with Crippen molar-refractivity contribution in [1.82, 2.24) is 4.90 Å². The fraction of sp³-hybridized carbons (Fsp3) is 0.577. The first-order chi connectivity index (χ1) is 13.8. The number of benzene rings is 1. The minimum atomic E-state index is -0.231. The Morgan fingerprint density at radius 3 is 2.66 bits per heavy atom. The molecule has 1 aliphatic heterocycles. The van der Waals surface area contributed by atoms with Crippen LogP contribution in [-0.4, -0.2) is 29.9 Å². The number of amides is 1. The van der Waals surface area contributed by atoms with Gasteiger partial charge in [0.25, 0.3) is 0 Å². The van der Waals surface area contributed by atoms with Gasteiger partial charge in [-0.2, -0.15) is 0 Å². The van der Waals surface area contributed by atoms with Crippen LogP contribution in [0.1, 0.15) is 51.5 Å². The molecule has 29 heavy (non-hydrogen) atoms. The molecule has 1 heterocycles. The fourth-order valence-electron chi connectivity index (χ4n) is 7.39. The molecule has 4 saturated carbocycles. The van der Waals surface area contributed by atoms with Gasteiger partial charge in [-0.1, -0.05) is 68.5 Å². The third-order valence-electron chi connectivity index (χ3n) is 8.76. The quantitative estimate of drug-likeness (QED) is 0.829. The van der Waals surface area contributed by atoms with Crippen LogP contribution in [0.15, 0.2) is 54.6 Å². The van der Waals surface area contributed by atoms with Crippen molar-refractivity contribution >= 4 is 5.91 Å². The Morgan fingerprint density at radius 2 is 1.97 bits per heavy atom. The SMILES string of the molecule is C=C/C=C1/C2CC3(c4ccccc4)CC1C(C(=O)N1CC[C@H](N)C(C)(C)C1)(C2)C3. The van der Waals surface area contributed by atoms with Crippen molar-refractivity contribution in [2.45, 2.75) is 57.4 Å². The van der Waals surface area contributed by atoms with Crippen LogP contribution >= 0.6 is 0 Å². The number of nitrogens with two attached hydrogens (primary N) is 1. The normalized spacial score (nSPS) is 41.1. The van der Waals surface area contributed by atoms with Crippen molar-refractivity contribution in [2.75, 3.05) is 13.1 Å². The highest BCUT2D eigenvalue weighted by molar-refractivity contribution is 5.86. The van der Waals surface area contributed by atoms with Gasteiger partial charge in [0.2, 0.25) is 5.91 Å². The Hall–Kier alpha value is -1.87. The van der Waals surface area contributed by atoms with E-state index in [9.17, 15) is 4.79 Å². The topological polar surface area (TPSA) is 46.3 Å². The van der Waals surface area contributed by atoms with Gasteiger partial charge in [-0.25, -0.2) is 0 Å². The average molecular weight is 391 g/mol. The van der Waals surface area contributed by atoms with E-state index in [1.165, 1.54) is 17.6 Å². The molecule has 3 nitrogen and oxygen atoms in total. The van der Waals surface area contributed by atoms with E-state index in [1.807, 2.05) is 6.08 Å². The molecule has 6 rings (SSSR count). The zero-order valence-corrected chi connectivity index (χ0v) is 17.9. The van der Waals surface area contributed by atoms with E-state index >= 15 is 0 Å². The van der Waals surface area contributed by atoms with Crippen LogP contribution in [0.4, 0.5) is 0 Å². The lowest BCUT2D eigenvalue weighted by atomic mass is 9.62. The van der Waals surface area contributed by atoms with Crippen LogP contribution in [0.3, 0.4) is 0 Å². The summed E-state index contributed by atoms with van der Waals surface area (Å²) >= 11 is 0. The third kappa shape index (κ3) is 2.63. The molecule has 4 aliphatic carbocycles. The molecule has 1 aromatic rings. The largest absolute Gasteiger partial charge is 0.342 e. The Kier molecular flexibility index (Phi) is 4.16. The van der Waals surface area contributed by atoms with Crippen molar-refractivity contribution in [3.05, 3.63) is 60.2 Å². The van der Waals surface area contributed by atoms with Gasteiger partial charge >= 0.3 is 0 Å². The van der Waals surface area contributed by atoms with Crippen molar-refractivity contribution in [3.63, 3.8) is 0 Å². The van der Waals surface area contributed by atoms with E-state index in [4.69, 9.17) is 5.73 Å². The molecule has 154 valence electrons. The highest BCUT2D eigenvalue weighted by Crippen LogP contribution is 2.73. The van der Waals surface area contributed by atoms with Gasteiger partial charge in [-0.15, -0.1) is 0 Å². The second-order valence-electron chi connectivity index (χ2n) is 10.9. The molecular formula is C26H34N2O. The smallest absolute Gasteiger partial charge is 0.229 e. The number of allylic oxidation sites excluding steroid dienone is 3. The molecule has 4 unspecified atom stereocenters. The predicted octanol–water partition coefficient (Wildman–Crippen LogP) is 4.44. The summed E-state index contributed by atoms with van der Waals surface area (Å²) in [4.78, 5) is 16.3. The molecule has 5 atom stereocenters. The predicted molar refractivity (Wildman–Crippen MR) is 117 cm³/mol. The third-order valence-corrected chi connectivity index (χ3v) is 8.76. The number of carbonyl (C=O) groups excluding carboxylic acids is 1. The standard InChI is InChI=1S/C26H34N2O/c1-4-8-20-18-13-25(19-9-6-5-7-10-19)15-21(20)26(14-18,16-25)23(29)28-12-11-22(27)24(2,3)17-28/h4-10,18,21-22H,1,11-17,27H2,2-3H3/b20-8-/t18?,21?,22-,25?,26?/m0/s1. The van der Waals surface area contributed by atoms with Crippen molar-refractivity contribution in [3.8, 4) is 0 Å². The number of piperidine rings is 1. The Labute approximate surface area is 175 Å². The number of carbonyl (C=O) groups is 1. The minimum absolute atomic E-state index is 0.0168. The van der Waals surface area contributed by atoms with Gasteiger partial charge in [-0.05, 0) is 60.3 Å². The number of rotatable bonds is 3. The number of likely N-dealkylation sites (tertiary alicyclic amines) is 1. The minimum Gasteiger partial charge on any atom is -0.342 e. The second-order valence-corrected chi connectivity index (χ2v) is 10.9. The van der Waals surface area contributed by atoms with Gasteiger partial charge < -0.3 is 10.6 Å². The summed E-state index contributed by atoms with van der Waals surface area (Å²) in [5.41, 5.74) is 9.20. The lowest BCUT2D eigenvalue weighted by Gasteiger charge is -2.47. The first-order valence-corrected chi connectivity index (χ1v) is 11.2. The molecule has 3 heteroatoms. The van der Waals surface area contributed by atoms with E-state index in [1.54, 1.807) is 0 Å². The molecule has 5 aliphatic rings. The lowest BCUT2D eigenvalue weighted by molar-refractivity contribution is -0.147. The van der Waals surface area contributed by atoms with Crippen LogP contribution in [0, 0.1) is 22.7 Å². The van der Waals surface area contributed by atoms with E-state index in [0.717, 1.165) is 38.8 Å². The molecule has 0 aromatic heterocycles. The highest BCUT2D eigenvalue weighted by atomic mass is 16.2. The highest BCUT2D eigenvalue weighted by Gasteiger charge is 2.69. The Balaban J connectivity index is 1.53. The van der Waals surface area contributed by atoms with E-state index < -0.39 is 0 Å². The monoisotopic (exact) mass is 390 g/mol. The molecule has 1 saturated heterocycles. The van der Waals surface area contributed by atoms with Gasteiger partial charge in [-0.3, -0.25) is 4.79 Å². The summed E-state index contributed by atoms with van der Waals surface area (Å²) in [6, 6.07) is 11.1. The number of nitrogens with zero attached hydrogens (tertiary/aromatic N) is 1. The fourth-order valence-corrected chi connectivity index (χ4v) is 7.39. The van der Waals surface area contributed by atoms with E-state index in [-0.39, 0.29) is 22.3 Å². The maximum atomic E-state index is 14.1. The van der Waals surface area contributed by atoms with Gasteiger partial charge in [0, 0.05) is 19.1 Å². The van der Waals surface area contributed by atoms with Gasteiger partial charge in [0.05, 0.1) is 5.41 Å². The lowest BCUT2D eigenvalue weighted by Crippen LogP contribution is -2.57. The molecule has 5 fully saturated rings. The molecule has 1 aromatic carbocycles. The van der Waals surface area contributed by atoms with Crippen LogP contribution in [0.25, 0.3) is 0 Å². The zero-order chi connectivity index (χ0) is 20.4. The molecule has 2 N–H and O–H groups in total. The zero-order valence-electron chi connectivity index (χ0n) is 17.9. The van der Waals surface area contributed by atoms with Crippen molar-refractivity contribution in [1.29, 1.82) is 0 Å². The first kappa shape index (κ1) is 19.1. The second kappa shape index (κ2) is 6.31. The molecular weight excluding hydrogens is 356 g/mol. The summed E-state index contributed by atoms with van der Waals surface area (Å²) in [6.45, 7) is 9.97. The van der Waals surface area contributed by atoms with Crippen LogP contribution in [-0.2, 0) is 10.2 Å². The van der Waals surface area contributed by atoms with Crippen molar-refractivity contribution in [2.24, 2.45) is 28.4 Å². The molecule has 0 spiro atoms. The van der Waals surface area contributed by atoms with Crippen LogP contribution < -0.4 is 5.73 Å². The summed E-state index contributed by atoms with van der Waals surface area (Å²) in [7, 11) is 0. The first-order valence-electron chi connectivity index (χ1n) is 11.2. The van der Waals surface area contributed by atoms with E-state index in [2.05, 4.69) is 61.7 Å². The van der Waals surface area contributed by atoms with Gasteiger partial charge in [0.1, 0.15) is 0 Å². The number of hydrogen-bond donors (Lipinski definition) is 1. The van der Waals surface area contributed by atoms with E-state index in [0.29, 0.717) is 17.7 Å². The molecule has 0 radical (unpaired) electrons. The summed E-state index contributed by atoms with van der Waals surface area (Å²) < 4.78 is 0. The molecule has 4 bridgehead atoms. The Morgan fingerprint density at radius 1 is 1.21 bits per heavy atom. The maximum Gasteiger partial charge on any atom is 0.229 e. The summed E-state index contributed by atoms with van der Waals surface area (Å²) in [5, 5.41) is 0. The summed E-state index contributed by atoms with van der Waals surface area (Å²) in [6.07, 6.45) is 9.37. The average Bonchev–Trinajstić information content (AvgIpc) is 3.08. The summed E-state index contributed by atoms with van der Waals surface area (Å²) in [5.74, 6) is 1.29. The Bertz CT molecular complexity index is 872. The van der Waals surface area contributed by atoms with Crippen LogP contribution in [0.2, 0.25) is 0 Å². The van der Waals surface area contributed by atoms with Crippen molar-refractivity contribution < 1.29 is 4.79 Å². The number of hydrogen-bond acceptors (Lipinski definition) is 2. The maximum absolute atomic E-state index is 14.1. The molecule has 1 amide bonds.